The van der Waals surface area contributed by atoms with Crippen LogP contribution in [-0.2, 0) is 10.2 Å². The van der Waals surface area contributed by atoms with Crippen LogP contribution in [0.4, 0.5) is 0 Å². The van der Waals surface area contributed by atoms with Gasteiger partial charge in [0.15, 0.2) is 0 Å². The van der Waals surface area contributed by atoms with Gasteiger partial charge in [-0.15, -0.1) is 0 Å². The third-order valence-electron chi connectivity index (χ3n) is 3.91. The van der Waals surface area contributed by atoms with Gasteiger partial charge in [-0.1, -0.05) is 6.07 Å². The topological polar surface area (TPSA) is 46.5 Å². The molecule has 1 N–H and O–H groups in total. The summed E-state index contributed by atoms with van der Waals surface area (Å²) >= 11 is 0. The maximum atomic E-state index is 11.6. The van der Waals surface area contributed by atoms with Gasteiger partial charge < -0.3 is 9.84 Å². The molecule has 1 aromatic carbocycles. The fourth-order valence-electron chi connectivity index (χ4n) is 2.45. The number of fused-ring (bicyclic) bond motifs is 1. The average Bonchev–Trinajstić information content (AvgIpc) is 2.52. The summed E-state index contributed by atoms with van der Waals surface area (Å²) in [6.07, 6.45) is 0. The molecule has 17 heavy (non-hydrogen) atoms. The van der Waals surface area contributed by atoms with E-state index in [1.807, 2.05) is 32.0 Å². The number of carbonyl (C=O) groups is 1. The second kappa shape index (κ2) is 3.62. The zero-order valence-electron chi connectivity index (χ0n) is 10.5. The van der Waals surface area contributed by atoms with Gasteiger partial charge in [0.1, 0.15) is 11.2 Å². The fourth-order valence-corrected chi connectivity index (χ4v) is 2.45. The van der Waals surface area contributed by atoms with Crippen molar-refractivity contribution >= 4 is 11.5 Å². The van der Waals surface area contributed by atoms with Crippen LogP contribution in [0.3, 0.4) is 0 Å². The van der Waals surface area contributed by atoms with Crippen molar-refractivity contribution in [3.05, 3.63) is 34.9 Å². The summed E-state index contributed by atoms with van der Waals surface area (Å²) in [6, 6.07) is 5.62. The molecule has 0 saturated carbocycles. The maximum absolute atomic E-state index is 11.6. The Labute approximate surface area is 101 Å². The van der Waals surface area contributed by atoms with Gasteiger partial charge in [0.25, 0.3) is 0 Å². The number of carboxylic acids is 1. The van der Waals surface area contributed by atoms with E-state index < -0.39 is 11.4 Å². The lowest BCUT2D eigenvalue weighted by Crippen LogP contribution is -2.31. The van der Waals surface area contributed by atoms with Crippen LogP contribution in [0, 0.1) is 0 Å². The smallest absolute Gasteiger partial charge is 0.318 e. The molecule has 0 amide bonds. The molecule has 1 aliphatic carbocycles. The number of ether oxygens (including phenoxy) is 1. The van der Waals surface area contributed by atoms with Crippen LogP contribution in [0.1, 0.15) is 31.9 Å². The van der Waals surface area contributed by atoms with E-state index in [4.69, 9.17) is 4.74 Å². The van der Waals surface area contributed by atoms with E-state index in [2.05, 4.69) is 0 Å². The Bertz CT molecular complexity index is 528. The van der Waals surface area contributed by atoms with Crippen LogP contribution in [0.15, 0.2) is 23.8 Å². The van der Waals surface area contributed by atoms with E-state index >= 15 is 0 Å². The molecule has 0 heterocycles. The highest BCUT2D eigenvalue weighted by molar-refractivity contribution is 5.95. The Balaban J connectivity index is 2.73. The number of allylic oxidation sites excluding steroid dienone is 1. The third-order valence-corrected chi connectivity index (χ3v) is 3.91. The summed E-state index contributed by atoms with van der Waals surface area (Å²) in [5.41, 5.74) is 2.84. The lowest BCUT2D eigenvalue weighted by atomic mass is 9.80. The van der Waals surface area contributed by atoms with Gasteiger partial charge in [-0.2, -0.15) is 0 Å². The zero-order valence-corrected chi connectivity index (χ0v) is 10.5. The first-order valence-electron chi connectivity index (χ1n) is 5.53. The van der Waals surface area contributed by atoms with E-state index in [1.54, 1.807) is 14.0 Å². The number of carboxylic acid groups (broad SMARTS) is 1. The first-order valence-corrected chi connectivity index (χ1v) is 5.53. The lowest BCUT2D eigenvalue weighted by Gasteiger charge is -2.23. The van der Waals surface area contributed by atoms with Crippen molar-refractivity contribution in [2.24, 2.45) is 0 Å². The molecule has 0 aliphatic heterocycles. The van der Waals surface area contributed by atoms with Gasteiger partial charge in [-0.25, -0.2) is 0 Å². The lowest BCUT2D eigenvalue weighted by molar-refractivity contribution is -0.141. The summed E-state index contributed by atoms with van der Waals surface area (Å²) in [6.45, 7) is 5.60. The van der Waals surface area contributed by atoms with Crippen molar-refractivity contribution in [3.63, 3.8) is 0 Å². The van der Waals surface area contributed by atoms with Crippen molar-refractivity contribution in [3.8, 4) is 5.75 Å². The number of benzene rings is 1. The molecule has 1 aliphatic rings. The average molecular weight is 232 g/mol. The molecule has 0 spiro atoms. The van der Waals surface area contributed by atoms with E-state index in [9.17, 15) is 9.90 Å². The van der Waals surface area contributed by atoms with Crippen LogP contribution < -0.4 is 4.74 Å². The van der Waals surface area contributed by atoms with Gasteiger partial charge in [0, 0.05) is 0 Å². The molecular formula is C14H16O3. The van der Waals surface area contributed by atoms with Crippen molar-refractivity contribution < 1.29 is 14.6 Å². The highest BCUT2D eigenvalue weighted by Gasteiger charge is 2.44. The molecule has 3 nitrogen and oxygen atoms in total. The number of rotatable bonds is 2. The molecule has 3 heteroatoms. The third kappa shape index (κ3) is 1.38. The normalized spacial score (nSPS) is 22.6. The van der Waals surface area contributed by atoms with E-state index in [-0.39, 0.29) is 0 Å². The van der Waals surface area contributed by atoms with Crippen LogP contribution in [0.25, 0.3) is 5.57 Å². The highest BCUT2D eigenvalue weighted by atomic mass is 16.5. The molecule has 0 bridgehead atoms. The second-order valence-corrected chi connectivity index (χ2v) is 4.59. The minimum Gasteiger partial charge on any atom is -0.497 e. The Morgan fingerprint density at radius 1 is 1.35 bits per heavy atom. The van der Waals surface area contributed by atoms with Crippen LogP contribution >= 0.6 is 0 Å². The molecule has 0 fully saturated rings. The largest absolute Gasteiger partial charge is 0.497 e. The van der Waals surface area contributed by atoms with Crippen LogP contribution in [-0.4, -0.2) is 18.2 Å². The first-order chi connectivity index (χ1) is 7.92. The Hall–Kier alpha value is -1.77. The van der Waals surface area contributed by atoms with Gasteiger partial charge in [0.2, 0.25) is 0 Å². The molecule has 2 rings (SSSR count). The first kappa shape index (κ1) is 11.7. The predicted molar refractivity (Wildman–Crippen MR) is 66.2 cm³/mol. The summed E-state index contributed by atoms with van der Waals surface area (Å²) in [5, 5.41) is 9.50. The summed E-state index contributed by atoms with van der Waals surface area (Å²) in [7, 11) is 1.59. The predicted octanol–water partition coefficient (Wildman–Crippen LogP) is 2.84. The minimum absolute atomic E-state index is 0.693. The Morgan fingerprint density at radius 2 is 2.00 bits per heavy atom. The molecular weight excluding hydrogens is 216 g/mol. The molecule has 1 unspecified atom stereocenters. The van der Waals surface area contributed by atoms with Gasteiger partial charge in [0.05, 0.1) is 7.11 Å². The maximum Gasteiger partial charge on any atom is 0.318 e. The molecule has 1 atom stereocenters. The molecule has 90 valence electrons. The van der Waals surface area contributed by atoms with Crippen molar-refractivity contribution in [2.45, 2.75) is 26.2 Å². The van der Waals surface area contributed by atoms with Gasteiger partial charge in [-0.3, -0.25) is 4.79 Å². The zero-order chi connectivity index (χ0) is 12.8. The number of hydrogen-bond donors (Lipinski definition) is 1. The molecule has 0 saturated heterocycles. The quantitative estimate of drug-likeness (QED) is 0.852. The van der Waals surface area contributed by atoms with E-state index in [0.717, 1.165) is 22.3 Å². The number of hydrogen-bond acceptors (Lipinski definition) is 2. The van der Waals surface area contributed by atoms with E-state index in [0.29, 0.717) is 5.75 Å². The standard InChI is InChI=1S/C14H16O3/c1-8-9(2)14(3,13(15)16)12-7-10(17-4)5-6-11(8)12/h5-7H,1-4H3,(H,15,16). The number of aliphatic carboxylic acids is 1. The SMILES string of the molecule is COc1ccc2c(c1)C(C)(C(=O)O)C(C)=C2C. The summed E-state index contributed by atoms with van der Waals surface area (Å²) in [5.74, 6) is -0.125. The monoisotopic (exact) mass is 232 g/mol. The summed E-state index contributed by atoms with van der Waals surface area (Å²) in [4.78, 5) is 11.6. The Morgan fingerprint density at radius 3 is 2.53 bits per heavy atom. The van der Waals surface area contributed by atoms with Crippen molar-refractivity contribution in [1.82, 2.24) is 0 Å². The Kier molecular flexibility index (Phi) is 2.49. The molecule has 1 aromatic rings. The highest BCUT2D eigenvalue weighted by Crippen LogP contribution is 2.47. The number of methoxy groups -OCH3 is 1. The van der Waals surface area contributed by atoms with Crippen LogP contribution in [0.2, 0.25) is 0 Å². The van der Waals surface area contributed by atoms with Gasteiger partial charge >= 0.3 is 5.97 Å². The fraction of sp³-hybridized carbons (Fsp3) is 0.357. The molecule has 0 radical (unpaired) electrons. The van der Waals surface area contributed by atoms with Crippen molar-refractivity contribution in [2.75, 3.05) is 7.11 Å². The van der Waals surface area contributed by atoms with Crippen LogP contribution in [0.5, 0.6) is 5.75 Å². The minimum atomic E-state index is -0.937. The summed E-state index contributed by atoms with van der Waals surface area (Å²) < 4.78 is 5.17. The van der Waals surface area contributed by atoms with E-state index in [1.165, 1.54) is 0 Å². The van der Waals surface area contributed by atoms with Gasteiger partial charge in [-0.05, 0) is 55.2 Å². The molecule has 0 aromatic heterocycles. The van der Waals surface area contributed by atoms with Crippen molar-refractivity contribution in [1.29, 1.82) is 0 Å². The second-order valence-electron chi connectivity index (χ2n) is 4.59.